The van der Waals surface area contributed by atoms with E-state index in [1.165, 1.54) is 0 Å². The van der Waals surface area contributed by atoms with Gasteiger partial charge < -0.3 is 5.11 Å². The fraction of sp³-hybridized carbons (Fsp3) is 0.462. The van der Waals surface area contributed by atoms with Crippen LogP contribution >= 0.6 is 0 Å². The van der Waals surface area contributed by atoms with Gasteiger partial charge in [0.1, 0.15) is 0 Å². The number of aliphatic hydroxyl groups is 1. The molecule has 0 fully saturated rings. The van der Waals surface area contributed by atoms with Crippen LogP contribution in [0.3, 0.4) is 0 Å². The monoisotopic (exact) mass is 203 g/mol. The second kappa shape index (κ2) is 5.53. The highest BCUT2D eigenvalue weighted by Gasteiger charge is 2.12. The molecule has 2 nitrogen and oxygen atoms in total. The molecule has 0 heterocycles. The van der Waals surface area contributed by atoms with E-state index in [9.17, 15) is 0 Å². The Balaban J connectivity index is 3.17. The maximum atomic E-state index is 9.14. The van der Waals surface area contributed by atoms with Crippen LogP contribution in [0.4, 0.5) is 0 Å². The van der Waals surface area contributed by atoms with E-state index in [0.29, 0.717) is 0 Å². The average Bonchev–Trinajstić information content (AvgIpc) is 2.28. The van der Waals surface area contributed by atoms with Gasteiger partial charge in [-0.05, 0) is 17.5 Å². The maximum absolute atomic E-state index is 9.14. The molecule has 0 aliphatic rings. The zero-order valence-electron chi connectivity index (χ0n) is 9.33. The summed E-state index contributed by atoms with van der Waals surface area (Å²) in [6.07, 6.45) is 1.96. The van der Waals surface area contributed by atoms with Crippen molar-refractivity contribution in [2.45, 2.75) is 32.6 Å². The molecule has 80 valence electrons. The van der Waals surface area contributed by atoms with Crippen LogP contribution in [0.2, 0.25) is 0 Å². The Hall–Kier alpha value is -1.33. The number of benzene rings is 1. The number of aryl methyl sites for hydroxylation is 1. The minimum Gasteiger partial charge on any atom is -0.396 e. The number of nitriles is 1. The number of nitrogens with zero attached hydrogens (tertiary/aromatic N) is 1. The minimum atomic E-state index is 0.0384. The molecular weight excluding hydrogens is 186 g/mol. The van der Waals surface area contributed by atoms with Crippen molar-refractivity contribution in [3.05, 3.63) is 34.9 Å². The van der Waals surface area contributed by atoms with Gasteiger partial charge in [-0.1, -0.05) is 38.5 Å². The smallest absolute Gasteiger partial charge is 0.0997 e. The van der Waals surface area contributed by atoms with Crippen molar-refractivity contribution >= 4 is 0 Å². The van der Waals surface area contributed by atoms with Crippen molar-refractivity contribution in [2.24, 2.45) is 0 Å². The lowest BCUT2D eigenvalue weighted by Gasteiger charge is -2.13. The largest absolute Gasteiger partial charge is 0.396 e. The second-order valence-electron chi connectivity index (χ2n) is 3.83. The first kappa shape index (κ1) is 11.7. The van der Waals surface area contributed by atoms with Gasteiger partial charge in [-0.25, -0.2) is 0 Å². The van der Waals surface area contributed by atoms with E-state index in [-0.39, 0.29) is 12.5 Å². The van der Waals surface area contributed by atoms with E-state index in [1.54, 1.807) is 0 Å². The maximum Gasteiger partial charge on any atom is 0.0997 e. The SMILES string of the molecule is CCCc1cccc(C(C)CO)c1C#N. The third-order valence-electron chi connectivity index (χ3n) is 2.62. The van der Waals surface area contributed by atoms with Crippen molar-refractivity contribution in [2.75, 3.05) is 6.61 Å². The number of aliphatic hydroxyl groups excluding tert-OH is 1. The highest BCUT2D eigenvalue weighted by Crippen LogP contribution is 2.22. The number of rotatable bonds is 4. The second-order valence-corrected chi connectivity index (χ2v) is 3.83. The molecule has 0 radical (unpaired) electrons. The molecule has 1 aromatic rings. The molecule has 1 atom stereocenters. The summed E-state index contributed by atoms with van der Waals surface area (Å²) in [4.78, 5) is 0. The standard InChI is InChI=1S/C13H17NO/c1-3-5-11-6-4-7-12(10(2)9-15)13(11)8-14/h4,6-7,10,15H,3,5,9H2,1-2H3. The van der Waals surface area contributed by atoms with Gasteiger partial charge in [-0.3, -0.25) is 0 Å². The number of hydrogen-bond acceptors (Lipinski definition) is 2. The first-order chi connectivity index (χ1) is 7.24. The number of hydrogen-bond donors (Lipinski definition) is 1. The molecule has 1 N–H and O–H groups in total. The normalized spacial score (nSPS) is 12.1. The summed E-state index contributed by atoms with van der Waals surface area (Å²) < 4.78 is 0. The molecule has 0 spiro atoms. The highest BCUT2D eigenvalue weighted by molar-refractivity contribution is 5.46. The van der Waals surface area contributed by atoms with Crippen LogP contribution in [0.1, 0.15) is 42.9 Å². The van der Waals surface area contributed by atoms with Crippen molar-refractivity contribution in [1.29, 1.82) is 5.26 Å². The summed E-state index contributed by atoms with van der Waals surface area (Å²) in [5.41, 5.74) is 2.81. The van der Waals surface area contributed by atoms with E-state index in [4.69, 9.17) is 10.4 Å². The lowest BCUT2D eigenvalue weighted by molar-refractivity contribution is 0.273. The van der Waals surface area contributed by atoms with Crippen LogP contribution < -0.4 is 0 Å². The van der Waals surface area contributed by atoms with Crippen LogP contribution in [0.25, 0.3) is 0 Å². The zero-order chi connectivity index (χ0) is 11.3. The van der Waals surface area contributed by atoms with Gasteiger partial charge >= 0.3 is 0 Å². The van der Waals surface area contributed by atoms with Crippen LogP contribution in [-0.4, -0.2) is 11.7 Å². The Kier molecular flexibility index (Phi) is 4.33. The van der Waals surface area contributed by atoms with Gasteiger partial charge in [0.05, 0.1) is 11.6 Å². The molecule has 0 saturated carbocycles. The predicted octanol–water partition coefficient (Wildman–Crippen LogP) is 2.61. The summed E-state index contributed by atoms with van der Waals surface area (Å²) in [5.74, 6) is 0.0384. The van der Waals surface area contributed by atoms with Crippen LogP contribution in [0, 0.1) is 11.3 Å². The fourth-order valence-corrected chi connectivity index (χ4v) is 1.74. The Bertz CT molecular complexity index is 365. The van der Waals surface area contributed by atoms with Gasteiger partial charge in [0.25, 0.3) is 0 Å². The van der Waals surface area contributed by atoms with E-state index < -0.39 is 0 Å². The van der Waals surface area contributed by atoms with E-state index in [1.807, 2.05) is 25.1 Å². The topological polar surface area (TPSA) is 44.0 Å². The molecule has 2 heteroatoms. The Morgan fingerprint density at radius 2 is 2.20 bits per heavy atom. The minimum absolute atomic E-state index is 0.0384. The van der Waals surface area contributed by atoms with Crippen LogP contribution in [0.15, 0.2) is 18.2 Å². The van der Waals surface area contributed by atoms with Gasteiger partial charge in [0.15, 0.2) is 0 Å². The lowest BCUT2D eigenvalue weighted by Crippen LogP contribution is -2.04. The van der Waals surface area contributed by atoms with Crippen LogP contribution in [-0.2, 0) is 6.42 Å². The molecule has 0 aliphatic carbocycles. The van der Waals surface area contributed by atoms with Crippen molar-refractivity contribution in [1.82, 2.24) is 0 Å². The molecule has 0 saturated heterocycles. The Labute approximate surface area is 91.2 Å². The molecule has 15 heavy (non-hydrogen) atoms. The summed E-state index contributed by atoms with van der Waals surface area (Å²) in [7, 11) is 0. The molecular formula is C13H17NO. The molecule has 1 unspecified atom stereocenters. The van der Waals surface area contributed by atoms with E-state index >= 15 is 0 Å². The summed E-state index contributed by atoms with van der Waals surface area (Å²) in [6.45, 7) is 4.12. The Morgan fingerprint density at radius 1 is 1.47 bits per heavy atom. The summed E-state index contributed by atoms with van der Waals surface area (Å²) in [5, 5.41) is 18.3. The molecule has 1 rings (SSSR count). The first-order valence-corrected chi connectivity index (χ1v) is 5.37. The molecule has 0 aliphatic heterocycles. The van der Waals surface area contributed by atoms with Gasteiger partial charge in [-0.15, -0.1) is 0 Å². The third-order valence-corrected chi connectivity index (χ3v) is 2.62. The zero-order valence-corrected chi connectivity index (χ0v) is 9.33. The van der Waals surface area contributed by atoms with Crippen LogP contribution in [0.5, 0.6) is 0 Å². The predicted molar refractivity (Wildman–Crippen MR) is 60.7 cm³/mol. The van der Waals surface area contributed by atoms with Gasteiger partial charge in [-0.2, -0.15) is 5.26 Å². The summed E-state index contributed by atoms with van der Waals surface area (Å²) in [6, 6.07) is 8.14. The molecule has 0 amide bonds. The van der Waals surface area contributed by atoms with E-state index in [0.717, 1.165) is 29.5 Å². The van der Waals surface area contributed by atoms with Gasteiger partial charge in [0.2, 0.25) is 0 Å². The Morgan fingerprint density at radius 3 is 2.73 bits per heavy atom. The quantitative estimate of drug-likeness (QED) is 0.817. The van der Waals surface area contributed by atoms with Crippen molar-refractivity contribution < 1.29 is 5.11 Å². The molecule has 0 aromatic heterocycles. The molecule has 1 aromatic carbocycles. The average molecular weight is 203 g/mol. The fourth-order valence-electron chi connectivity index (χ4n) is 1.74. The van der Waals surface area contributed by atoms with Crippen molar-refractivity contribution in [3.63, 3.8) is 0 Å². The first-order valence-electron chi connectivity index (χ1n) is 5.37. The summed E-state index contributed by atoms with van der Waals surface area (Å²) >= 11 is 0. The lowest BCUT2D eigenvalue weighted by atomic mass is 9.92. The molecule has 0 bridgehead atoms. The third kappa shape index (κ3) is 2.57. The van der Waals surface area contributed by atoms with E-state index in [2.05, 4.69) is 13.0 Å². The van der Waals surface area contributed by atoms with Gasteiger partial charge in [0, 0.05) is 12.5 Å². The van der Waals surface area contributed by atoms with Crippen molar-refractivity contribution in [3.8, 4) is 6.07 Å². The highest BCUT2D eigenvalue weighted by atomic mass is 16.3.